The number of rotatable bonds is 5. The van der Waals surface area contributed by atoms with Crippen LogP contribution < -0.4 is 5.32 Å². The number of thiophene rings is 1. The predicted molar refractivity (Wildman–Crippen MR) is 104 cm³/mol. The van der Waals surface area contributed by atoms with E-state index in [1.165, 1.54) is 11.0 Å². The average Bonchev–Trinajstić information content (AvgIpc) is 3.13. The Labute approximate surface area is 150 Å². The second kappa shape index (κ2) is 7.77. The van der Waals surface area contributed by atoms with Crippen LogP contribution in [0.15, 0.2) is 66.1 Å². The van der Waals surface area contributed by atoms with Gasteiger partial charge in [0.2, 0.25) is 11.8 Å². The van der Waals surface area contributed by atoms with E-state index in [0.717, 1.165) is 21.3 Å². The molecular weight excluding hydrogens is 332 g/mol. The number of carbonyl (C=O) groups excluding carboxylic acids is 2. The Hall–Kier alpha value is -2.92. The number of hydrogen-bond acceptors (Lipinski definition) is 3. The first-order valence-electron chi connectivity index (χ1n) is 7.88. The number of nitrogens with one attached hydrogen (secondary N) is 1. The quantitative estimate of drug-likeness (QED) is 0.707. The Morgan fingerprint density at radius 2 is 1.88 bits per heavy atom. The molecule has 0 aliphatic carbocycles. The van der Waals surface area contributed by atoms with E-state index in [1.54, 1.807) is 24.5 Å². The second-order valence-electron chi connectivity index (χ2n) is 5.62. The van der Waals surface area contributed by atoms with Gasteiger partial charge in [0.05, 0.1) is 6.54 Å². The van der Waals surface area contributed by atoms with Crippen LogP contribution in [0.4, 0.5) is 5.69 Å². The molecule has 2 aromatic carbocycles. The normalized spacial score (nSPS) is 10.9. The van der Waals surface area contributed by atoms with Crippen LogP contribution in [-0.4, -0.2) is 30.3 Å². The molecule has 0 aliphatic heterocycles. The van der Waals surface area contributed by atoms with Gasteiger partial charge < -0.3 is 10.2 Å². The summed E-state index contributed by atoms with van der Waals surface area (Å²) in [5, 5.41) is 6.87. The van der Waals surface area contributed by atoms with Crippen LogP contribution >= 0.6 is 11.3 Å². The summed E-state index contributed by atoms with van der Waals surface area (Å²) in [6.07, 6.45) is 3.24. The molecule has 3 aromatic rings. The minimum Gasteiger partial charge on any atom is -0.333 e. The lowest BCUT2D eigenvalue weighted by Crippen LogP contribution is -2.33. The third kappa shape index (κ3) is 4.33. The minimum absolute atomic E-state index is 0.00314. The number of likely N-dealkylation sites (N-methyl/N-ethyl adjacent to an activating group) is 1. The summed E-state index contributed by atoms with van der Waals surface area (Å²) < 4.78 is 0. The first-order valence-corrected chi connectivity index (χ1v) is 8.76. The first-order chi connectivity index (χ1) is 12.1. The summed E-state index contributed by atoms with van der Waals surface area (Å²) in [4.78, 5) is 26.8. The van der Waals surface area contributed by atoms with Gasteiger partial charge in [-0.1, -0.05) is 42.5 Å². The average molecular weight is 350 g/mol. The molecule has 0 radical (unpaired) electrons. The lowest BCUT2D eigenvalue weighted by atomic mass is 10.1. The Kier molecular flexibility index (Phi) is 5.26. The highest BCUT2D eigenvalue weighted by Gasteiger charge is 2.11. The number of fused-ring (bicyclic) bond motifs is 1. The molecule has 1 aromatic heterocycles. The molecule has 126 valence electrons. The maximum absolute atomic E-state index is 12.3. The van der Waals surface area contributed by atoms with Crippen LogP contribution in [-0.2, 0) is 9.59 Å². The third-order valence-corrected chi connectivity index (χ3v) is 4.59. The van der Waals surface area contributed by atoms with Crippen molar-refractivity contribution in [2.75, 3.05) is 18.9 Å². The number of amides is 2. The summed E-state index contributed by atoms with van der Waals surface area (Å²) in [5.74, 6) is -0.432. The molecule has 1 N–H and O–H groups in total. The van der Waals surface area contributed by atoms with Crippen molar-refractivity contribution in [3.63, 3.8) is 0 Å². The van der Waals surface area contributed by atoms with Crippen LogP contribution in [0.25, 0.3) is 16.8 Å². The van der Waals surface area contributed by atoms with E-state index in [1.807, 2.05) is 60.0 Å². The number of nitrogens with zero attached hydrogens (tertiary/aromatic N) is 1. The summed E-state index contributed by atoms with van der Waals surface area (Å²) >= 11 is 1.56. The molecule has 0 saturated carbocycles. The molecule has 0 unspecified atom stereocenters. The zero-order valence-corrected chi connectivity index (χ0v) is 14.6. The van der Waals surface area contributed by atoms with Crippen molar-refractivity contribution in [2.45, 2.75) is 0 Å². The monoisotopic (exact) mass is 350 g/mol. The molecule has 1 heterocycles. The maximum Gasteiger partial charge on any atom is 0.246 e. The summed E-state index contributed by atoms with van der Waals surface area (Å²) in [5.41, 5.74) is 0.748. The van der Waals surface area contributed by atoms with Gasteiger partial charge in [-0.2, -0.15) is 0 Å². The van der Waals surface area contributed by atoms with E-state index in [9.17, 15) is 9.59 Å². The molecule has 0 aliphatic rings. The van der Waals surface area contributed by atoms with Crippen LogP contribution in [0.1, 0.15) is 4.88 Å². The number of carbonyl (C=O) groups is 2. The van der Waals surface area contributed by atoms with Crippen LogP contribution in [0, 0.1) is 0 Å². The summed E-state index contributed by atoms with van der Waals surface area (Å²) in [7, 11) is 1.61. The smallest absolute Gasteiger partial charge is 0.246 e. The van der Waals surface area contributed by atoms with E-state index in [-0.39, 0.29) is 18.4 Å². The van der Waals surface area contributed by atoms with Gasteiger partial charge in [-0.15, -0.1) is 11.3 Å². The van der Waals surface area contributed by atoms with E-state index >= 15 is 0 Å². The Morgan fingerprint density at radius 1 is 1.08 bits per heavy atom. The molecular formula is C20H18N2O2S. The minimum atomic E-state index is -0.225. The van der Waals surface area contributed by atoms with Gasteiger partial charge in [0, 0.05) is 29.1 Å². The van der Waals surface area contributed by atoms with Gasteiger partial charge in [0.15, 0.2) is 0 Å². The summed E-state index contributed by atoms with van der Waals surface area (Å²) in [6.45, 7) is -0.00314. The van der Waals surface area contributed by atoms with Crippen LogP contribution in [0.2, 0.25) is 0 Å². The molecule has 0 fully saturated rings. The largest absolute Gasteiger partial charge is 0.333 e. The van der Waals surface area contributed by atoms with Crippen molar-refractivity contribution in [3.05, 3.63) is 70.9 Å². The first kappa shape index (κ1) is 16.9. The zero-order chi connectivity index (χ0) is 17.6. The number of benzene rings is 2. The lowest BCUT2D eigenvalue weighted by molar-refractivity contribution is -0.129. The molecule has 2 amide bonds. The van der Waals surface area contributed by atoms with Gasteiger partial charge in [0.25, 0.3) is 0 Å². The standard InChI is InChI=1S/C20H18N2O2S/c1-22(20(24)12-11-16-8-5-13-25-16)14-19(23)21-18-10-4-7-15-6-2-3-9-17(15)18/h2-13H,14H2,1H3,(H,21,23)/b12-11+. The van der Waals surface area contributed by atoms with E-state index < -0.39 is 0 Å². The topological polar surface area (TPSA) is 49.4 Å². The van der Waals surface area contributed by atoms with Crippen LogP contribution in [0.5, 0.6) is 0 Å². The molecule has 0 bridgehead atoms. The van der Waals surface area contributed by atoms with Crippen molar-refractivity contribution in [1.82, 2.24) is 4.90 Å². The highest BCUT2D eigenvalue weighted by Crippen LogP contribution is 2.22. The lowest BCUT2D eigenvalue weighted by Gasteiger charge is -2.15. The molecule has 0 spiro atoms. The van der Waals surface area contributed by atoms with Crippen molar-refractivity contribution in [3.8, 4) is 0 Å². The van der Waals surface area contributed by atoms with E-state index in [2.05, 4.69) is 5.32 Å². The highest BCUT2D eigenvalue weighted by molar-refractivity contribution is 7.10. The van der Waals surface area contributed by atoms with Gasteiger partial charge in [-0.25, -0.2) is 0 Å². The zero-order valence-electron chi connectivity index (χ0n) is 13.8. The van der Waals surface area contributed by atoms with Gasteiger partial charge >= 0.3 is 0 Å². The number of hydrogen-bond donors (Lipinski definition) is 1. The maximum atomic E-state index is 12.3. The van der Waals surface area contributed by atoms with Gasteiger partial charge in [0.1, 0.15) is 0 Å². The summed E-state index contributed by atoms with van der Waals surface area (Å²) in [6, 6.07) is 17.5. The van der Waals surface area contributed by atoms with Crippen molar-refractivity contribution in [2.24, 2.45) is 0 Å². The highest BCUT2D eigenvalue weighted by atomic mass is 32.1. The van der Waals surface area contributed by atoms with Crippen LogP contribution in [0.3, 0.4) is 0 Å². The molecule has 5 heteroatoms. The van der Waals surface area contributed by atoms with Crippen molar-refractivity contribution >= 4 is 45.7 Å². The van der Waals surface area contributed by atoms with Crippen molar-refractivity contribution in [1.29, 1.82) is 0 Å². The van der Waals surface area contributed by atoms with Gasteiger partial charge in [-0.3, -0.25) is 9.59 Å². The van der Waals surface area contributed by atoms with Crippen molar-refractivity contribution < 1.29 is 9.59 Å². The van der Waals surface area contributed by atoms with E-state index in [4.69, 9.17) is 0 Å². The molecule has 3 rings (SSSR count). The SMILES string of the molecule is CN(CC(=O)Nc1cccc2ccccc12)C(=O)/C=C/c1cccs1. The molecule has 25 heavy (non-hydrogen) atoms. The Morgan fingerprint density at radius 3 is 2.68 bits per heavy atom. The molecule has 0 saturated heterocycles. The van der Waals surface area contributed by atoms with Gasteiger partial charge in [-0.05, 0) is 29.0 Å². The number of anilines is 1. The fourth-order valence-corrected chi connectivity index (χ4v) is 3.10. The van der Waals surface area contributed by atoms with E-state index in [0.29, 0.717) is 0 Å². The molecule has 0 atom stereocenters. The Bertz CT molecular complexity index is 911. The fraction of sp³-hybridized carbons (Fsp3) is 0.100. The second-order valence-corrected chi connectivity index (χ2v) is 6.60. The third-order valence-electron chi connectivity index (χ3n) is 3.75. The Balaban J connectivity index is 1.62. The predicted octanol–water partition coefficient (Wildman–Crippen LogP) is 4.01. The molecule has 4 nitrogen and oxygen atoms in total. The fourth-order valence-electron chi connectivity index (χ4n) is 2.48.